The van der Waals surface area contributed by atoms with Crippen LogP contribution in [0.3, 0.4) is 0 Å². The molecule has 0 spiro atoms. The van der Waals surface area contributed by atoms with Gasteiger partial charge in [0.25, 0.3) is 0 Å². The number of halogens is 1. The van der Waals surface area contributed by atoms with Crippen LogP contribution in [0.15, 0.2) is 18.2 Å². The SMILES string of the molecule is Cc1cccc(C(O)CCC2CCCO2)c1Cl. The first-order valence-corrected chi connectivity index (χ1v) is 6.61. The number of ether oxygens (including phenoxy) is 1. The summed E-state index contributed by atoms with van der Waals surface area (Å²) in [4.78, 5) is 0. The molecular formula is C14H19ClO2. The van der Waals surface area contributed by atoms with Crippen LogP contribution in [0.5, 0.6) is 0 Å². The van der Waals surface area contributed by atoms with Crippen molar-refractivity contribution in [3.8, 4) is 0 Å². The molecule has 1 aromatic rings. The van der Waals surface area contributed by atoms with Gasteiger partial charge in [0.1, 0.15) is 0 Å². The fraction of sp³-hybridized carbons (Fsp3) is 0.571. The van der Waals surface area contributed by atoms with E-state index >= 15 is 0 Å². The van der Waals surface area contributed by atoms with Crippen molar-refractivity contribution in [1.29, 1.82) is 0 Å². The molecule has 1 fully saturated rings. The van der Waals surface area contributed by atoms with Gasteiger partial charge in [-0.25, -0.2) is 0 Å². The second-order valence-electron chi connectivity index (χ2n) is 4.71. The molecule has 1 heterocycles. The van der Waals surface area contributed by atoms with Crippen LogP contribution in [0, 0.1) is 6.92 Å². The van der Waals surface area contributed by atoms with Crippen molar-refractivity contribution >= 4 is 11.6 Å². The maximum absolute atomic E-state index is 10.1. The Hall–Kier alpha value is -0.570. The molecule has 1 saturated heterocycles. The first kappa shape index (κ1) is 12.9. The topological polar surface area (TPSA) is 29.5 Å². The second kappa shape index (κ2) is 5.85. The molecule has 1 aliphatic heterocycles. The normalized spacial score (nSPS) is 21.7. The molecule has 1 aromatic carbocycles. The van der Waals surface area contributed by atoms with E-state index in [2.05, 4.69) is 0 Å². The molecule has 2 atom stereocenters. The highest BCUT2D eigenvalue weighted by Gasteiger charge is 2.19. The molecule has 17 heavy (non-hydrogen) atoms. The van der Waals surface area contributed by atoms with E-state index in [1.807, 2.05) is 25.1 Å². The van der Waals surface area contributed by atoms with Crippen LogP contribution in [0.4, 0.5) is 0 Å². The summed E-state index contributed by atoms with van der Waals surface area (Å²) in [5.74, 6) is 0. The monoisotopic (exact) mass is 254 g/mol. The fourth-order valence-corrected chi connectivity index (χ4v) is 2.55. The molecule has 2 nitrogen and oxygen atoms in total. The van der Waals surface area contributed by atoms with Crippen LogP contribution < -0.4 is 0 Å². The van der Waals surface area contributed by atoms with Crippen molar-refractivity contribution in [3.63, 3.8) is 0 Å². The van der Waals surface area contributed by atoms with Crippen LogP contribution >= 0.6 is 11.6 Å². The van der Waals surface area contributed by atoms with Crippen LogP contribution in [-0.2, 0) is 4.74 Å². The van der Waals surface area contributed by atoms with E-state index in [1.54, 1.807) is 0 Å². The van der Waals surface area contributed by atoms with Gasteiger partial charge in [0.15, 0.2) is 0 Å². The van der Waals surface area contributed by atoms with E-state index < -0.39 is 6.10 Å². The standard InChI is InChI=1S/C14H19ClO2/c1-10-4-2-6-12(14(10)15)13(16)8-7-11-5-3-9-17-11/h2,4,6,11,13,16H,3,5,7-9H2,1H3. The molecule has 1 aliphatic rings. The molecule has 0 radical (unpaired) electrons. The quantitative estimate of drug-likeness (QED) is 0.889. The fourth-order valence-electron chi connectivity index (χ4n) is 2.30. The zero-order chi connectivity index (χ0) is 12.3. The zero-order valence-electron chi connectivity index (χ0n) is 10.2. The van der Waals surface area contributed by atoms with Crippen LogP contribution in [0.2, 0.25) is 5.02 Å². The Labute approximate surface area is 108 Å². The van der Waals surface area contributed by atoms with E-state index in [-0.39, 0.29) is 0 Å². The minimum absolute atomic E-state index is 0.327. The van der Waals surface area contributed by atoms with E-state index in [0.717, 1.165) is 37.0 Å². The number of hydrogen-bond acceptors (Lipinski definition) is 2. The minimum atomic E-state index is -0.480. The summed E-state index contributed by atoms with van der Waals surface area (Å²) < 4.78 is 5.55. The van der Waals surface area contributed by atoms with Crippen LogP contribution in [0.25, 0.3) is 0 Å². The molecule has 2 unspecified atom stereocenters. The summed E-state index contributed by atoms with van der Waals surface area (Å²) in [6, 6.07) is 5.79. The average Bonchev–Trinajstić information content (AvgIpc) is 2.82. The Bertz CT molecular complexity index is 372. The Morgan fingerprint density at radius 1 is 1.53 bits per heavy atom. The Kier molecular flexibility index (Phi) is 4.43. The van der Waals surface area contributed by atoms with Crippen molar-refractivity contribution in [2.24, 2.45) is 0 Å². The lowest BCUT2D eigenvalue weighted by Gasteiger charge is -2.16. The highest BCUT2D eigenvalue weighted by atomic mass is 35.5. The van der Waals surface area contributed by atoms with Gasteiger partial charge >= 0.3 is 0 Å². The third-order valence-electron chi connectivity index (χ3n) is 3.37. The Morgan fingerprint density at radius 2 is 2.35 bits per heavy atom. The summed E-state index contributed by atoms with van der Waals surface area (Å²) in [6.45, 7) is 2.82. The van der Waals surface area contributed by atoms with Crippen molar-refractivity contribution in [1.82, 2.24) is 0 Å². The van der Waals surface area contributed by atoms with Gasteiger partial charge < -0.3 is 9.84 Å². The third kappa shape index (κ3) is 3.21. The van der Waals surface area contributed by atoms with Crippen molar-refractivity contribution in [2.75, 3.05) is 6.61 Å². The zero-order valence-corrected chi connectivity index (χ0v) is 10.9. The maximum Gasteiger partial charge on any atom is 0.0805 e. The lowest BCUT2D eigenvalue weighted by atomic mass is 10.0. The third-order valence-corrected chi connectivity index (χ3v) is 3.88. The average molecular weight is 255 g/mol. The van der Waals surface area contributed by atoms with Gasteiger partial charge in [-0.2, -0.15) is 0 Å². The molecule has 3 heteroatoms. The Balaban J connectivity index is 1.94. The van der Waals surface area contributed by atoms with Gasteiger partial charge in [-0.15, -0.1) is 0 Å². The summed E-state index contributed by atoms with van der Waals surface area (Å²) >= 11 is 6.19. The minimum Gasteiger partial charge on any atom is -0.388 e. The largest absolute Gasteiger partial charge is 0.388 e. The smallest absolute Gasteiger partial charge is 0.0805 e. The summed E-state index contributed by atoms with van der Waals surface area (Å²) in [7, 11) is 0. The van der Waals surface area contributed by atoms with Crippen LogP contribution in [0.1, 0.15) is 42.9 Å². The second-order valence-corrected chi connectivity index (χ2v) is 5.08. The van der Waals surface area contributed by atoms with E-state index in [0.29, 0.717) is 17.5 Å². The van der Waals surface area contributed by atoms with Crippen molar-refractivity contribution in [2.45, 2.75) is 44.8 Å². The van der Waals surface area contributed by atoms with E-state index in [9.17, 15) is 5.11 Å². The summed E-state index contributed by atoms with van der Waals surface area (Å²) in [5.41, 5.74) is 1.85. The lowest BCUT2D eigenvalue weighted by molar-refractivity contribution is 0.0812. The first-order chi connectivity index (χ1) is 8.18. The first-order valence-electron chi connectivity index (χ1n) is 6.23. The number of rotatable bonds is 4. The molecule has 94 valence electrons. The summed E-state index contributed by atoms with van der Waals surface area (Å²) in [6.07, 6.45) is 3.74. The molecule has 0 aliphatic carbocycles. The maximum atomic E-state index is 10.1. The number of aliphatic hydroxyl groups excluding tert-OH is 1. The number of aryl methyl sites for hydroxylation is 1. The van der Waals surface area contributed by atoms with Gasteiger partial charge in [-0.05, 0) is 43.7 Å². The van der Waals surface area contributed by atoms with E-state index in [1.165, 1.54) is 0 Å². The molecule has 0 bridgehead atoms. The van der Waals surface area contributed by atoms with Gasteiger partial charge in [0, 0.05) is 11.6 Å². The molecule has 0 saturated carbocycles. The number of hydrogen-bond donors (Lipinski definition) is 1. The predicted molar refractivity (Wildman–Crippen MR) is 69.4 cm³/mol. The van der Waals surface area contributed by atoms with Crippen molar-refractivity contribution < 1.29 is 9.84 Å². The van der Waals surface area contributed by atoms with Gasteiger partial charge in [0.2, 0.25) is 0 Å². The molecular weight excluding hydrogens is 236 g/mol. The van der Waals surface area contributed by atoms with Crippen molar-refractivity contribution in [3.05, 3.63) is 34.3 Å². The number of aliphatic hydroxyl groups is 1. The highest BCUT2D eigenvalue weighted by molar-refractivity contribution is 6.32. The molecule has 0 amide bonds. The molecule has 0 aromatic heterocycles. The highest BCUT2D eigenvalue weighted by Crippen LogP contribution is 2.30. The van der Waals surface area contributed by atoms with Crippen LogP contribution in [-0.4, -0.2) is 17.8 Å². The summed E-state index contributed by atoms with van der Waals surface area (Å²) in [5, 5.41) is 10.8. The Morgan fingerprint density at radius 3 is 3.06 bits per heavy atom. The molecule has 1 N–H and O–H groups in total. The van der Waals surface area contributed by atoms with Gasteiger partial charge in [0.05, 0.1) is 12.2 Å². The van der Waals surface area contributed by atoms with Gasteiger partial charge in [-0.1, -0.05) is 29.8 Å². The molecule has 2 rings (SSSR count). The van der Waals surface area contributed by atoms with Gasteiger partial charge in [-0.3, -0.25) is 0 Å². The predicted octanol–water partition coefficient (Wildman–Crippen LogP) is 3.64. The number of benzene rings is 1. The lowest BCUT2D eigenvalue weighted by Crippen LogP contribution is -2.08. The van der Waals surface area contributed by atoms with E-state index in [4.69, 9.17) is 16.3 Å².